The number of hydrogen-bond acceptors (Lipinski definition) is 5. The van der Waals surface area contributed by atoms with E-state index in [1.54, 1.807) is 11.8 Å². The number of rotatable bonds is 7. The lowest BCUT2D eigenvalue weighted by atomic mass is 10.3. The molecule has 1 aliphatic rings. The van der Waals surface area contributed by atoms with Crippen molar-refractivity contribution in [2.45, 2.75) is 36.8 Å². The summed E-state index contributed by atoms with van der Waals surface area (Å²) >= 11 is 1.75. The number of nitrogens with zero attached hydrogens (tertiary/aromatic N) is 4. The zero-order chi connectivity index (χ0) is 18.1. The van der Waals surface area contributed by atoms with Gasteiger partial charge in [-0.25, -0.2) is 4.98 Å². The van der Waals surface area contributed by atoms with Crippen LogP contribution in [0.3, 0.4) is 0 Å². The Morgan fingerprint density at radius 1 is 1.00 bits per heavy atom. The minimum Gasteiger partial charge on any atom is -0.441 e. The highest BCUT2D eigenvalue weighted by molar-refractivity contribution is 7.99. The molecule has 0 saturated heterocycles. The maximum atomic E-state index is 5.80. The normalized spacial score (nSPS) is 14.1. The summed E-state index contributed by atoms with van der Waals surface area (Å²) < 4.78 is 8.03. The predicted molar refractivity (Wildman–Crippen MR) is 106 cm³/mol. The van der Waals surface area contributed by atoms with Gasteiger partial charge < -0.3 is 4.42 Å². The predicted octanol–water partition coefficient (Wildman–Crippen LogP) is 5.01. The molecular weight excluding hydrogens is 356 g/mol. The molecular formula is C21H20N4OS. The number of oxazole rings is 1. The Morgan fingerprint density at radius 2 is 1.81 bits per heavy atom. The number of fused-ring (bicyclic) bond motifs is 1. The molecule has 0 atom stereocenters. The minimum atomic E-state index is 0.562. The molecule has 4 aromatic rings. The van der Waals surface area contributed by atoms with Crippen molar-refractivity contribution >= 4 is 22.9 Å². The lowest BCUT2D eigenvalue weighted by molar-refractivity contribution is 0.526. The van der Waals surface area contributed by atoms with Gasteiger partial charge in [0.2, 0.25) is 0 Å². The summed E-state index contributed by atoms with van der Waals surface area (Å²) in [5.41, 5.74) is 2.93. The molecule has 6 heteroatoms. The molecule has 5 rings (SSSR count). The molecule has 0 radical (unpaired) electrons. The molecule has 1 saturated carbocycles. The van der Waals surface area contributed by atoms with Crippen LogP contribution in [-0.2, 0) is 6.42 Å². The molecule has 0 spiro atoms. The van der Waals surface area contributed by atoms with E-state index in [1.165, 1.54) is 12.8 Å². The van der Waals surface area contributed by atoms with Crippen molar-refractivity contribution < 1.29 is 4.42 Å². The van der Waals surface area contributed by atoms with Crippen LogP contribution >= 0.6 is 11.8 Å². The van der Waals surface area contributed by atoms with Crippen molar-refractivity contribution in [3.8, 4) is 5.69 Å². The first-order chi connectivity index (χ1) is 13.4. The number of thioether (sulfide) groups is 1. The van der Waals surface area contributed by atoms with E-state index in [1.807, 2.05) is 30.3 Å². The van der Waals surface area contributed by atoms with Crippen LogP contribution in [-0.4, -0.2) is 25.5 Å². The van der Waals surface area contributed by atoms with Gasteiger partial charge in [0.05, 0.1) is 0 Å². The highest BCUT2D eigenvalue weighted by atomic mass is 32.2. The third-order valence-electron chi connectivity index (χ3n) is 4.72. The Labute approximate surface area is 161 Å². The molecule has 2 aromatic carbocycles. The third-order valence-corrected chi connectivity index (χ3v) is 5.73. The molecule has 0 N–H and O–H groups in total. The van der Waals surface area contributed by atoms with E-state index in [9.17, 15) is 0 Å². The summed E-state index contributed by atoms with van der Waals surface area (Å²) in [5.74, 6) is 3.42. The van der Waals surface area contributed by atoms with Crippen molar-refractivity contribution in [1.82, 2.24) is 19.7 Å². The minimum absolute atomic E-state index is 0.562. The summed E-state index contributed by atoms with van der Waals surface area (Å²) in [4.78, 5) is 4.55. The molecule has 2 heterocycles. The molecule has 136 valence electrons. The molecule has 1 aliphatic carbocycles. The molecule has 27 heavy (non-hydrogen) atoms. The van der Waals surface area contributed by atoms with Gasteiger partial charge in [0.1, 0.15) is 11.3 Å². The van der Waals surface area contributed by atoms with Crippen LogP contribution in [0.2, 0.25) is 0 Å². The fourth-order valence-corrected chi connectivity index (χ4v) is 4.11. The van der Waals surface area contributed by atoms with Crippen LogP contribution in [0.15, 0.2) is 64.2 Å². The Kier molecular flexibility index (Phi) is 4.41. The van der Waals surface area contributed by atoms with E-state index in [-0.39, 0.29) is 0 Å². The fraction of sp³-hybridized carbons (Fsp3) is 0.286. The second kappa shape index (κ2) is 7.19. The smallest absolute Gasteiger partial charge is 0.195 e. The summed E-state index contributed by atoms with van der Waals surface area (Å²) in [6.07, 6.45) is 4.25. The third kappa shape index (κ3) is 3.49. The van der Waals surface area contributed by atoms with Gasteiger partial charge in [-0.15, -0.1) is 10.2 Å². The zero-order valence-electron chi connectivity index (χ0n) is 14.9. The molecule has 0 aliphatic heterocycles. The van der Waals surface area contributed by atoms with Gasteiger partial charge in [-0.1, -0.05) is 42.1 Å². The van der Waals surface area contributed by atoms with Gasteiger partial charge in [-0.05, 0) is 43.5 Å². The van der Waals surface area contributed by atoms with E-state index >= 15 is 0 Å². The Morgan fingerprint density at radius 3 is 2.63 bits per heavy atom. The van der Waals surface area contributed by atoms with Gasteiger partial charge in [-0.2, -0.15) is 0 Å². The summed E-state index contributed by atoms with van der Waals surface area (Å²) in [6, 6.07) is 18.3. The van der Waals surface area contributed by atoms with Gasteiger partial charge >= 0.3 is 0 Å². The number of hydrogen-bond donors (Lipinski definition) is 0. The van der Waals surface area contributed by atoms with Crippen molar-refractivity contribution in [1.29, 1.82) is 0 Å². The van der Waals surface area contributed by atoms with Crippen molar-refractivity contribution in [2.24, 2.45) is 0 Å². The molecule has 0 unspecified atom stereocenters. The number of benzene rings is 2. The number of aromatic nitrogens is 4. The van der Waals surface area contributed by atoms with Crippen LogP contribution < -0.4 is 0 Å². The number of para-hydroxylation sites is 3. The van der Waals surface area contributed by atoms with Crippen LogP contribution in [0.1, 0.15) is 36.9 Å². The first-order valence-electron chi connectivity index (χ1n) is 9.36. The second-order valence-electron chi connectivity index (χ2n) is 6.81. The molecule has 0 bridgehead atoms. The zero-order valence-corrected chi connectivity index (χ0v) is 15.7. The average molecular weight is 376 g/mol. The lowest BCUT2D eigenvalue weighted by Gasteiger charge is -2.09. The van der Waals surface area contributed by atoms with E-state index in [2.05, 4.69) is 44.0 Å². The second-order valence-corrected chi connectivity index (χ2v) is 7.88. The SMILES string of the molecule is c1ccc(-n2c(SCCCc3nc4ccccc4o3)nnc2C2CC2)cc1. The molecule has 0 amide bonds. The maximum Gasteiger partial charge on any atom is 0.195 e. The highest BCUT2D eigenvalue weighted by Gasteiger charge is 2.30. The largest absolute Gasteiger partial charge is 0.441 e. The summed E-state index contributed by atoms with van der Waals surface area (Å²) in [5, 5.41) is 9.92. The molecule has 1 fully saturated rings. The summed E-state index contributed by atoms with van der Waals surface area (Å²) in [6.45, 7) is 0. The van der Waals surface area contributed by atoms with Crippen LogP contribution in [0.4, 0.5) is 0 Å². The molecule has 5 nitrogen and oxygen atoms in total. The Bertz CT molecular complexity index is 1020. The number of aryl methyl sites for hydroxylation is 1. The van der Waals surface area contributed by atoms with Crippen LogP contribution in [0, 0.1) is 0 Å². The van der Waals surface area contributed by atoms with Gasteiger partial charge in [-0.3, -0.25) is 4.57 Å². The van der Waals surface area contributed by atoms with Crippen molar-refractivity contribution in [3.05, 3.63) is 66.3 Å². The van der Waals surface area contributed by atoms with Crippen molar-refractivity contribution in [2.75, 3.05) is 5.75 Å². The fourth-order valence-electron chi connectivity index (χ4n) is 3.21. The van der Waals surface area contributed by atoms with Gasteiger partial charge in [0.25, 0.3) is 0 Å². The van der Waals surface area contributed by atoms with E-state index in [0.717, 1.165) is 52.3 Å². The van der Waals surface area contributed by atoms with Gasteiger partial charge in [0.15, 0.2) is 16.6 Å². The van der Waals surface area contributed by atoms with E-state index in [0.29, 0.717) is 5.92 Å². The first kappa shape index (κ1) is 16.6. The monoisotopic (exact) mass is 376 g/mol. The lowest BCUT2D eigenvalue weighted by Crippen LogP contribution is -2.02. The molecule has 2 aromatic heterocycles. The van der Waals surface area contributed by atoms with Crippen molar-refractivity contribution in [3.63, 3.8) is 0 Å². The topological polar surface area (TPSA) is 56.7 Å². The quantitative estimate of drug-likeness (QED) is 0.335. The first-order valence-corrected chi connectivity index (χ1v) is 10.3. The Balaban J connectivity index is 1.27. The highest BCUT2D eigenvalue weighted by Crippen LogP contribution is 2.41. The summed E-state index contributed by atoms with van der Waals surface area (Å²) in [7, 11) is 0. The van der Waals surface area contributed by atoms with Gasteiger partial charge in [0, 0.05) is 23.8 Å². The van der Waals surface area contributed by atoms with E-state index < -0.39 is 0 Å². The average Bonchev–Trinajstić information content (AvgIpc) is 3.33. The maximum absolute atomic E-state index is 5.80. The standard InChI is InChI=1S/C21H20N4OS/c1-2-7-16(8-3-1)25-20(15-12-13-15)23-24-21(25)27-14-6-11-19-22-17-9-4-5-10-18(17)26-19/h1-5,7-10,15H,6,11-14H2. The Hall–Kier alpha value is -2.60. The van der Waals surface area contributed by atoms with Crippen LogP contribution in [0.25, 0.3) is 16.8 Å². The van der Waals surface area contributed by atoms with E-state index in [4.69, 9.17) is 4.42 Å². The van der Waals surface area contributed by atoms with Crippen LogP contribution in [0.5, 0.6) is 0 Å².